The van der Waals surface area contributed by atoms with Crippen LogP contribution in [0.25, 0.3) is 0 Å². The molecule has 0 aliphatic rings. The van der Waals surface area contributed by atoms with Crippen LogP contribution in [0.15, 0.2) is 6.20 Å². The highest BCUT2D eigenvalue weighted by Gasteiger charge is 2.08. The van der Waals surface area contributed by atoms with Crippen molar-refractivity contribution in [2.75, 3.05) is 11.9 Å². The normalized spacial score (nSPS) is 8.94. The molecule has 16 heavy (non-hydrogen) atoms. The minimum absolute atomic E-state index is 0.0344. The Balaban J connectivity index is 2.79. The number of hydrogen-bond acceptors (Lipinski definition) is 4. The van der Waals surface area contributed by atoms with Gasteiger partial charge in [-0.05, 0) is 6.92 Å². The fraction of sp³-hybridized carbons (Fsp3) is 0.300. The molecular weight excluding hydrogens is 213 g/mol. The van der Waals surface area contributed by atoms with Gasteiger partial charge in [-0.2, -0.15) is 4.98 Å². The summed E-state index contributed by atoms with van der Waals surface area (Å²) in [5, 5.41) is 2.22. The third-order valence-corrected chi connectivity index (χ3v) is 1.47. The van der Waals surface area contributed by atoms with Gasteiger partial charge in [-0.15, -0.1) is 5.92 Å². The van der Waals surface area contributed by atoms with Gasteiger partial charge in [-0.1, -0.05) is 5.92 Å². The van der Waals surface area contributed by atoms with Crippen LogP contribution in [0.1, 0.15) is 13.8 Å². The zero-order valence-corrected chi connectivity index (χ0v) is 8.87. The lowest BCUT2D eigenvalue weighted by atomic mass is 10.5. The third kappa shape index (κ3) is 3.53. The highest BCUT2D eigenvalue weighted by Crippen LogP contribution is 2.12. The van der Waals surface area contributed by atoms with Crippen LogP contribution in [0.5, 0.6) is 6.01 Å². The van der Waals surface area contributed by atoms with E-state index < -0.39 is 11.7 Å². The van der Waals surface area contributed by atoms with E-state index in [4.69, 9.17) is 4.74 Å². The Bertz CT molecular complexity index is 451. The maximum atomic E-state index is 13.1. The molecule has 84 valence electrons. The van der Waals surface area contributed by atoms with E-state index in [-0.39, 0.29) is 18.4 Å². The Labute approximate surface area is 92.1 Å². The van der Waals surface area contributed by atoms with Gasteiger partial charge in [0.25, 0.3) is 0 Å². The summed E-state index contributed by atoms with van der Waals surface area (Å²) in [5.41, 5.74) is 0. The first-order valence-corrected chi connectivity index (χ1v) is 4.46. The van der Waals surface area contributed by atoms with Crippen LogP contribution < -0.4 is 10.1 Å². The molecule has 0 spiro atoms. The summed E-state index contributed by atoms with van der Waals surface area (Å²) in [7, 11) is 0. The van der Waals surface area contributed by atoms with Crippen molar-refractivity contribution in [2.24, 2.45) is 0 Å². The number of nitrogens with one attached hydrogen (secondary N) is 1. The first-order chi connectivity index (χ1) is 7.63. The molecule has 1 aromatic heterocycles. The van der Waals surface area contributed by atoms with E-state index in [0.29, 0.717) is 0 Å². The molecule has 0 bridgehead atoms. The van der Waals surface area contributed by atoms with Crippen molar-refractivity contribution in [2.45, 2.75) is 13.8 Å². The molecule has 5 nitrogen and oxygen atoms in total. The average Bonchev–Trinajstić information content (AvgIpc) is 2.22. The second-order valence-electron chi connectivity index (χ2n) is 2.75. The largest absolute Gasteiger partial charge is 0.450 e. The van der Waals surface area contributed by atoms with Crippen molar-refractivity contribution in [3.8, 4) is 17.9 Å². The second kappa shape index (κ2) is 5.66. The number of ether oxygens (including phenoxy) is 1. The summed E-state index contributed by atoms with van der Waals surface area (Å²) in [4.78, 5) is 18.0. The van der Waals surface area contributed by atoms with Gasteiger partial charge >= 0.3 is 6.01 Å². The van der Waals surface area contributed by atoms with Gasteiger partial charge in [0, 0.05) is 6.92 Å². The molecule has 1 aromatic rings. The van der Waals surface area contributed by atoms with Crippen LogP contribution in [-0.2, 0) is 4.79 Å². The molecule has 0 aliphatic carbocycles. The molecule has 0 saturated carbocycles. The van der Waals surface area contributed by atoms with E-state index in [1.54, 1.807) is 6.92 Å². The molecule has 0 saturated heterocycles. The van der Waals surface area contributed by atoms with Crippen LogP contribution >= 0.6 is 0 Å². The number of aromatic nitrogens is 2. The molecule has 6 heteroatoms. The first kappa shape index (κ1) is 11.9. The number of carbonyl (C=O) groups is 1. The minimum Gasteiger partial charge on any atom is -0.450 e. The predicted molar refractivity (Wildman–Crippen MR) is 55.2 cm³/mol. The van der Waals surface area contributed by atoms with Crippen molar-refractivity contribution in [1.82, 2.24) is 9.97 Å². The summed E-state index contributed by atoms with van der Waals surface area (Å²) in [6.45, 7) is 3.03. The first-order valence-electron chi connectivity index (χ1n) is 4.46. The van der Waals surface area contributed by atoms with Crippen molar-refractivity contribution in [1.29, 1.82) is 0 Å². The number of halogens is 1. The molecule has 0 atom stereocenters. The van der Waals surface area contributed by atoms with Crippen molar-refractivity contribution in [3.05, 3.63) is 12.0 Å². The molecule has 0 fully saturated rings. The minimum atomic E-state index is -0.718. The Morgan fingerprint density at radius 3 is 3.06 bits per heavy atom. The van der Waals surface area contributed by atoms with Gasteiger partial charge in [-0.3, -0.25) is 4.79 Å². The van der Waals surface area contributed by atoms with Crippen molar-refractivity contribution in [3.63, 3.8) is 0 Å². The van der Waals surface area contributed by atoms with E-state index in [0.717, 1.165) is 6.20 Å². The average molecular weight is 223 g/mol. The number of rotatable bonds is 3. The zero-order valence-electron chi connectivity index (χ0n) is 8.87. The molecule has 0 aliphatic heterocycles. The van der Waals surface area contributed by atoms with Crippen molar-refractivity contribution < 1.29 is 13.9 Å². The molecule has 1 amide bonds. The van der Waals surface area contributed by atoms with Gasteiger partial charge in [-0.25, -0.2) is 9.37 Å². The van der Waals surface area contributed by atoms with Gasteiger partial charge in [0.05, 0.1) is 6.20 Å². The second-order valence-corrected chi connectivity index (χ2v) is 2.75. The number of anilines is 1. The van der Waals surface area contributed by atoms with E-state index in [1.807, 2.05) is 0 Å². The molecule has 1 rings (SSSR count). The zero-order chi connectivity index (χ0) is 12.0. The fourth-order valence-electron chi connectivity index (χ4n) is 0.848. The Morgan fingerprint density at radius 1 is 1.69 bits per heavy atom. The number of nitrogens with zero attached hydrogens (tertiary/aromatic N) is 2. The van der Waals surface area contributed by atoms with Gasteiger partial charge in [0.2, 0.25) is 5.91 Å². The lowest BCUT2D eigenvalue weighted by Crippen LogP contribution is -2.11. The highest BCUT2D eigenvalue weighted by molar-refractivity contribution is 5.87. The van der Waals surface area contributed by atoms with Crippen LogP contribution in [0.3, 0.4) is 0 Å². The quantitative estimate of drug-likeness (QED) is 0.776. The van der Waals surface area contributed by atoms with Crippen LogP contribution in [-0.4, -0.2) is 22.5 Å². The lowest BCUT2D eigenvalue weighted by Gasteiger charge is -2.04. The third-order valence-electron chi connectivity index (χ3n) is 1.47. The molecule has 1 N–H and O–H groups in total. The molecular formula is C10H10FN3O2. The number of amides is 1. The summed E-state index contributed by atoms with van der Waals surface area (Å²) < 4.78 is 18.1. The Hall–Kier alpha value is -2.16. The number of carbonyl (C=O) groups excluding carboxylic acids is 1. The summed E-state index contributed by atoms with van der Waals surface area (Å²) in [5.74, 6) is 3.92. The summed E-state index contributed by atoms with van der Waals surface area (Å²) in [6, 6.07) is -0.0344. The monoisotopic (exact) mass is 223 g/mol. The van der Waals surface area contributed by atoms with E-state index in [2.05, 4.69) is 27.1 Å². The molecule has 0 unspecified atom stereocenters. The van der Waals surface area contributed by atoms with Crippen LogP contribution in [0.2, 0.25) is 0 Å². The highest BCUT2D eigenvalue weighted by atomic mass is 19.1. The smallest absolute Gasteiger partial charge is 0.319 e. The van der Waals surface area contributed by atoms with Crippen LogP contribution in [0, 0.1) is 17.7 Å². The molecule has 1 heterocycles. The van der Waals surface area contributed by atoms with E-state index >= 15 is 0 Å². The SMILES string of the molecule is CC#CCOc1ncc(F)c(NC(C)=O)n1. The molecule has 0 radical (unpaired) electrons. The van der Waals surface area contributed by atoms with Gasteiger partial charge in [0.1, 0.15) is 0 Å². The maximum absolute atomic E-state index is 13.1. The number of hydrogen-bond donors (Lipinski definition) is 1. The Kier molecular flexibility index (Phi) is 4.21. The lowest BCUT2D eigenvalue weighted by molar-refractivity contribution is -0.114. The Morgan fingerprint density at radius 2 is 2.44 bits per heavy atom. The molecule has 0 aromatic carbocycles. The standard InChI is InChI=1S/C10H10FN3O2/c1-3-4-5-16-10-12-6-8(11)9(14-10)13-7(2)15/h6H,5H2,1-2H3,(H,12,13,14,15). The summed E-state index contributed by atoms with van der Waals surface area (Å²) in [6.07, 6.45) is 0.924. The van der Waals surface area contributed by atoms with Gasteiger partial charge in [0.15, 0.2) is 18.2 Å². The fourth-order valence-corrected chi connectivity index (χ4v) is 0.848. The maximum Gasteiger partial charge on any atom is 0.319 e. The van der Waals surface area contributed by atoms with E-state index in [1.165, 1.54) is 6.92 Å². The van der Waals surface area contributed by atoms with E-state index in [9.17, 15) is 9.18 Å². The van der Waals surface area contributed by atoms with Crippen LogP contribution in [0.4, 0.5) is 10.2 Å². The van der Waals surface area contributed by atoms with Crippen molar-refractivity contribution >= 4 is 11.7 Å². The predicted octanol–water partition coefficient (Wildman–Crippen LogP) is 0.976. The van der Waals surface area contributed by atoms with Gasteiger partial charge < -0.3 is 10.1 Å². The summed E-state index contributed by atoms with van der Waals surface area (Å²) >= 11 is 0. The topological polar surface area (TPSA) is 64.1 Å².